The zero-order valence-corrected chi connectivity index (χ0v) is 13.5. The van der Waals surface area contributed by atoms with Crippen molar-refractivity contribution in [3.05, 3.63) is 11.7 Å². The van der Waals surface area contributed by atoms with Crippen LogP contribution in [0.25, 0.3) is 0 Å². The standard InChI is InChI=1S/C17H29N3O/c1-3-13-5-7-14(8-6-13)15-19-16(21-20-15)17(4-2)9-11-18-12-10-17/h13-14,18H,3-12H2,1-2H3. The number of aromatic nitrogens is 2. The van der Waals surface area contributed by atoms with Gasteiger partial charge in [-0.15, -0.1) is 0 Å². The third-order valence-electron chi connectivity index (χ3n) is 5.92. The van der Waals surface area contributed by atoms with Crippen LogP contribution in [-0.4, -0.2) is 23.2 Å². The molecule has 1 saturated heterocycles. The van der Waals surface area contributed by atoms with E-state index in [9.17, 15) is 0 Å². The maximum absolute atomic E-state index is 5.72. The fraction of sp³-hybridized carbons (Fsp3) is 0.882. The molecule has 1 aliphatic heterocycles. The van der Waals surface area contributed by atoms with E-state index < -0.39 is 0 Å². The van der Waals surface area contributed by atoms with Gasteiger partial charge in [0.1, 0.15) is 0 Å². The summed E-state index contributed by atoms with van der Waals surface area (Å²) in [4.78, 5) is 4.85. The Labute approximate surface area is 128 Å². The average Bonchev–Trinajstić information content (AvgIpc) is 3.06. The van der Waals surface area contributed by atoms with Crippen LogP contribution in [0.15, 0.2) is 4.52 Å². The van der Waals surface area contributed by atoms with Crippen molar-refractivity contribution < 1.29 is 4.52 Å². The Hall–Kier alpha value is -0.900. The molecule has 1 aromatic rings. The molecule has 0 spiro atoms. The lowest BCUT2D eigenvalue weighted by atomic mass is 9.76. The van der Waals surface area contributed by atoms with E-state index in [2.05, 4.69) is 24.3 Å². The Bertz CT molecular complexity index is 443. The Morgan fingerprint density at radius 1 is 1.14 bits per heavy atom. The Kier molecular flexibility index (Phi) is 4.63. The van der Waals surface area contributed by atoms with Crippen LogP contribution < -0.4 is 5.32 Å². The molecule has 0 unspecified atom stereocenters. The monoisotopic (exact) mass is 291 g/mol. The number of piperidine rings is 1. The molecule has 0 atom stereocenters. The van der Waals surface area contributed by atoms with E-state index in [1.807, 2.05) is 0 Å². The van der Waals surface area contributed by atoms with Crippen LogP contribution in [0, 0.1) is 5.92 Å². The lowest BCUT2D eigenvalue weighted by Gasteiger charge is -2.33. The summed E-state index contributed by atoms with van der Waals surface area (Å²) in [7, 11) is 0. The molecule has 0 bridgehead atoms. The summed E-state index contributed by atoms with van der Waals surface area (Å²) in [6, 6.07) is 0. The molecule has 2 heterocycles. The largest absolute Gasteiger partial charge is 0.339 e. The van der Waals surface area contributed by atoms with Crippen LogP contribution in [0.1, 0.15) is 82.8 Å². The summed E-state index contributed by atoms with van der Waals surface area (Å²) < 4.78 is 5.72. The molecule has 2 aliphatic rings. The highest BCUT2D eigenvalue weighted by atomic mass is 16.5. The summed E-state index contributed by atoms with van der Waals surface area (Å²) in [5.41, 5.74) is 0.122. The average molecular weight is 291 g/mol. The van der Waals surface area contributed by atoms with Crippen molar-refractivity contribution in [3.63, 3.8) is 0 Å². The summed E-state index contributed by atoms with van der Waals surface area (Å²) in [5, 5.41) is 7.79. The zero-order chi connectivity index (χ0) is 14.7. The van der Waals surface area contributed by atoms with Crippen LogP contribution in [0.5, 0.6) is 0 Å². The van der Waals surface area contributed by atoms with Gasteiger partial charge in [-0.1, -0.05) is 25.4 Å². The molecule has 118 valence electrons. The molecule has 1 N–H and O–H groups in total. The van der Waals surface area contributed by atoms with Gasteiger partial charge in [-0.05, 0) is 64.0 Å². The quantitative estimate of drug-likeness (QED) is 0.917. The first-order valence-electron chi connectivity index (χ1n) is 8.82. The van der Waals surface area contributed by atoms with Crippen LogP contribution in [0.3, 0.4) is 0 Å². The molecule has 1 aliphatic carbocycles. The first-order chi connectivity index (χ1) is 10.3. The van der Waals surface area contributed by atoms with Crippen molar-refractivity contribution in [2.45, 2.75) is 76.5 Å². The fourth-order valence-electron chi connectivity index (χ4n) is 4.07. The molecule has 1 saturated carbocycles. The molecule has 2 fully saturated rings. The second kappa shape index (κ2) is 6.47. The molecule has 0 radical (unpaired) electrons. The highest BCUT2D eigenvalue weighted by Crippen LogP contribution is 2.39. The van der Waals surface area contributed by atoms with Crippen LogP contribution in [-0.2, 0) is 5.41 Å². The van der Waals surface area contributed by atoms with Gasteiger partial charge < -0.3 is 9.84 Å². The van der Waals surface area contributed by atoms with Crippen LogP contribution >= 0.6 is 0 Å². The predicted molar refractivity (Wildman–Crippen MR) is 83.4 cm³/mol. The molecule has 1 aromatic heterocycles. The van der Waals surface area contributed by atoms with Crippen LogP contribution in [0.2, 0.25) is 0 Å². The smallest absolute Gasteiger partial charge is 0.232 e. The van der Waals surface area contributed by atoms with Gasteiger partial charge in [0.05, 0.1) is 5.41 Å². The number of rotatable bonds is 4. The second-order valence-corrected chi connectivity index (χ2v) is 6.97. The van der Waals surface area contributed by atoms with Gasteiger partial charge in [0.25, 0.3) is 0 Å². The van der Waals surface area contributed by atoms with Gasteiger partial charge in [-0.2, -0.15) is 4.98 Å². The number of hydrogen-bond donors (Lipinski definition) is 1. The Balaban J connectivity index is 1.71. The number of hydrogen-bond acceptors (Lipinski definition) is 4. The minimum atomic E-state index is 0.122. The molecular weight excluding hydrogens is 262 g/mol. The Morgan fingerprint density at radius 2 is 1.86 bits per heavy atom. The predicted octanol–water partition coefficient (Wildman–Crippen LogP) is 3.78. The van der Waals surface area contributed by atoms with Gasteiger partial charge in [0, 0.05) is 5.92 Å². The van der Waals surface area contributed by atoms with E-state index >= 15 is 0 Å². The highest BCUT2D eigenvalue weighted by Gasteiger charge is 2.38. The topological polar surface area (TPSA) is 51.0 Å². The van der Waals surface area contributed by atoms with E-state index in [0.717, 1.165) is 50.0 Å². The van der Waals surface area contributed by atoms with Crippen molar-refractivity contribution in [1.82, 2.24) is 15.5 Å². The van der Waals surface area contributed by atoms with Gasteiger partial charge >= 0.3 is 0 Å². The van der Waals surface area contributed by atoms with Gasteiger partial charge in [0.15, 0.2) is 5.82 Å². The van der Waals surface area contributed by atoms with Crippen molar-refractivity contribution in [2.24, 2.45) is 5.92 Å². The lowest BCUT2D eigenvalue weighted by molar-refractivity contribution is 0.215. The fourth-order valence-corrected chi connectivity index (χ4v) is 4.07. The molecular formula is C17H29N3O. The molecule has 4 heteroatoms. The molecule has 4 nitrogen and oxygen atoms in total. The molecule has 21 heavy (non-hydrogen) atoms. The van der Waals surface area contributed by atoms with Crippen molar-refractivity contribution in [3.8, 4) is 0 Å². The first kappa shape index (κ1) is 15.0. The minimum absolute atomic E-state index is 0.122. The van der Waals surface area contributed by atoms with Crippen LogP contribution in [0.4, 0.5) is 0 Å². The first-order valence-corrected chi connectivity index (χ1v) is 8.82. The van der Waals surface area contributed by atoms with Gasteiger partial charge in [0.2, 0.25) is 5.89 Å². The van der Waals surface area contributed by atoms with Crippen molar-refractivity contribution >= 4 is 0 Å². The van der Waals surface area contributed by atoms with Crippen molar-refractivity contribution in [2.75, 3.05) is 13.1 Å². The third kappa shape index (κ3) is 3.01. The molecule has 0 aromatic carbocycles. The summed E-state index contributed by atoms with van der Waals surface area (Å²) in [5.74, 6) is 3.32. The van der Waals surface area contributed by atoms with E-state index in [1.165, 1.54) is 32.1 Å². The molecule has 0 amide bonds. The lowest BCUT2D eigenvalue weighted by Crippen LogP contribution is -2.39. The van der Waals surface area contributed by atoms with E-state index in [1.54, 1.807) is 0 Å². The van der Waals surface area contributed by atoms with Gasteiger partial charge in [-0.25, -0.2) is 0 Å². The molecule has 3 rings (SSSR count). The summed E-state index contributed by atoms with van der Waals surface area (Å²) in [6.07, 6.45) is 9.77. The maximum atomic E-state index is 5.72. The van der Waals surface area contributed by atoms with Crippen molar-refractivity contribution in [1.29, 1.82) is 0 Å². The van der Waals surface area contributed by atoms with E-state index in [-0.39, 0.29) is 5.41 Å². The van der Waals surface area contributed by atoms with E-state index in [0.29, 0.717) is 5.92 Å². The number of nitrogens with zero attached hydrogens (tertiary/aromatic N) is 2. The maximum Gasteiger partial charge on any atom is 0.232 e. The minimum Gasteiger partial charge on any atom is -0.339 e. The van der Waals surface area contributed by atoms with E-state index in [4.69, 9.17) is 9.51 Å². The number of nitrogens with one attached hydrogen (secondary N) is 1. The Morgan fingerprint density at radius 3 is 2.48 bits per heavy atom. The third-order valence-corrected chi connectivity index (χ3v) is 5.92. The highest BCUT2D eigenvalue weighted by molar-refractivity contribution is 5.09. The zero-order valence-electron chi connectivity index (χ0n) is 13.5. The normalized spacial score (nSPS) is 29.4. The SMILES string of the molecule is CCC1CCC(c2noc(C3(CC)CCNCC3)n2)CC1. The van der Waals surface area contributed by atoms with Gasteiger partial charge in [-0.3, -0.25) is 0 Å². The second-order valence-electron chi connectivity index (χ2n) is 6.97. The summed E-state index contributed by atoms with van der Waals surface area (Å²) >= 11 is 0. The summed E-state index contributed by atoms with van der Waals surface area (Å²) in [6.45, 7) is 6.68.